The Kier molecular flexibility index (Phi) is 7.20. The van der Waals surface area contributed by atoms with E-state index in [-0.39, 0.29) is 18.4 Å². The number of halogens is 1. The van der Waals surface area contributed by atoms with Crippen molar-refractivity contribution in [2.45, 2.75) is 31.8 Å². The number of pyridine rings is 1. The lowest BCUT2D eigenvalue weighted by Gasteiger charge is -2.31. The number of nitrogens with zero attached hydrogens (tertiary/aromatic N) is 4. The molecule has 2 N–H and O–H groups in total. The van der Waals surface area contributed by atoms with Crippen LogP contribution in [0.4, 0.5) is 5.82 Å². The maximum atomic E-state index is 13.0. The fraction of sp³-hybridized carbons (Fsp3) is 0.385. The van der Waals surface area contributed by atoms with Crippen LogP contribution in [0.1, 0.15) is 52.3 Å². The van der Waals surface area contributed by atoms with Gasteiger partial charge in [0.15, 0.2) is 11.5 Å². The van der Waals surface area contributed by atoms with Crippen LogP contribution in [0, 0.1) is 6.92 Å². The average molecular weight is 510 g/mol. The summed E-state index contributed by atoms with van der Waals surface area (Å²) in [5, 5.41) is 14.1. The first-order valence-corrected chi connectivity index (χ1v) is 12.4. The van der Waals surface area contributed by atoms with Crippen molar-refractivity contribution in [2.24, 2.45) is 0 Å². The molecule has 188 valence electrons. The minimum Gasteiger partial charge on any atom is -0.486 e. The number of rotatable bonds is 6. The van der Waals surface area contributed by atoms with Crippen LogP contribution in [-0.4, -0.2) is 63.7 Å². The molecule has 0 aliphatic carbocycles. The SMILES string of the molecule is Cc1ccnc(C2CCN(C(=O)c3ccc(NCC(O)c4cc(Cl)c5c(c4)OCCO5)nc3)CC2)n1. The second kappa shape index (κ2) is 10.7. The Morgan fingerprint density at radius 1 is 1.19 bits per heavy atom. The van der Waals surface area contributed by atoms with E-state index >= 15 is 0 Å². The Balaban J connectivity index is 1.14. The Hall–Kier alpha value is -3.43. The third-order valence-corrected chi connectivity index (χ3v) is 6.73. The zero-order valence-corrected chi connectivity index (χ0v) is 20.7. The summed E-state index contributed by atoms with van der Waals surface area (Å²) in [6.07, 6.45) is 4.20. The first-order chi connectivity index (χ1) is 17.5. The summed E-state index contributed by atoms with van der Waals surface area (Å²) in [5.74, 6) is 2.68. The number of piperidine rings is 1. The largest absolute Gasteiger partial charge is 0.486 e. The molecular formula is C26H28ClN5O4. The van der Waals surface area contributed by atoms with Crippen LogP contribution < -0.4 is 14.8 Å². The standard InChI is InChI=1S/C26H28ClN5O4/c1-16-4-7-28-25(31-16)17-5-8-32(9-6-17)26(34)18-2-3-23(29-14-18)30-15-21(33)19-12-20(27)24-22(13-19)35-10-11-36-24/h2-4,7,12-14,17,21,33H,5-6,8-11,15H2,1H3,(H,29,30). The number of hydrogen-bond donors (Lipinski definition) is 2. The molecule has 0 bridgehead atoms. The number of fused-ring (bicyclic) bond motifs is 1. The van der Waals surface area contributed by atoms with E-state index in [0.29, 0.717) is 59.8 Å². The molecule has 9 nitrogen and oxygen atoms in total. The number of aliphatic hydroxyl groups excluding tert-OH is 1. The van der Waals surface area contributed by atoms with Crippen LogP contribution in [0.5, 0.6) is 11.5 Å². The van der Waals surface area contributed by atoms with Crippen LogP contribution in [-0.2, 0) is 0 Å². The summed E-state index contributed by atoms with van der Waals surface area (Å²) in [7, 11) is 0. The third-order valence-electron chi connectivity index (χ3n) is 6.45. The van der Waals surface area contributed by atoms with Gasteiger partial charge in [-0.25, -0.2) is 15.0 Å². The highest BCUT2D eigenvalue weighted by Crippen LogP contribution is 2.39. The number of benzene rings is 1. The highest BCUT2D eigenvalue weighted by atomic mass is 35.5. The lowest BCUT2D eigenvalue weighted by Crippen LogP contribution is -2.38. The first-order valence-electron chi connectivity index (χ1n) is 12.0. The summed E-state index contributed by atoms with van der Waals surface area (Å²) in [5.41, 5.74) is 2.11. The fourth-order valence-corrected chi connectivity index (χ4v) is 4.73. The second-order valence-corrected chi connectivity index (χ2v) is 9.39. The Labute approximate surface area is 214 Å². The second-order valence-electron chi connectivity index (χ2n) is 8.98. The number of aliphatic hydroxyl groups is 1. The number of carbonyl (C=O) groups excluding carboxylic acids is 1. The van der Waals surface area contributed by atoms with E-state index in [2.05, 4.69) is 20.3 Å². The van der Waals surface area contributed by atoms with Crippen LogP contribution in [0.2, 0.25) is 5.02 Å². The smallest absolute Gasteiger partial charge is 0.255 e. The van der Waals surface area contributed by atoms with Crippen molar-refractivity contribution in [3.63, 3.8) is 0 Å². The molecule has 5 rings (SSSR count). The number of carbonyl (C=O) groups is 1. The number of likely N-dealkylation sites (tertiary alicyclic amines) is 1. The summed E-state index contributed by atoms with van der Waals surface area (Å²) in [4.78, 5) is 28.1. The number of nitrogens with one attached hydrogen (secondary N) is 1. The molecule has 10 heteroatoms. The molecule has 1 aromatic carbocycles. The lowest BCUT2D eigenvalue weighted by atomic mass is 9.95. The lowest BCUT2D eigenvalue weighted by molar-refractivity contribution is 0.0710. The number of hydrogen-bond acceptors (Lipinski definition) is 8. The predicted octanol–water partition coefficient (Wildman–Crippen LogP) is 3.77. The third kappa shape index (κ3) is 5.37. The monoisotopic (exact) mass is 509 g/mol. The molecule has 1 fully saturated rings. The molecular weight excluding hydrogens is 482 g/mol. The van der Waals surface area contributed by atoms with Crippen molar-refractivity contribution in [1.29, 1.82) is 0 Å². The molecule has 1 unspecified atom stereocenters. The van der Waals surface area contributed by atoms with E-state index in [4.69, 9.17) is 21.1 Å². The van der Waals surface area contributed by atoms with Gasteiger partial charge in [-0.1, -0.05) is 11.6 Å². The average Bonchev–Trinajstić information content (AvgIpc) is 2.91. The van der Waals surface area contributed by atoms with E-state index in [1.165, 1.54) is 0 Å². The van der Waals surface area contributed by atoms with Crippen molar-refractivity contribution in [3.05, 3.63) is 70.4 Å². The number of anilines is 1. The highest BCUT2D eigenvalue weighted by molar-refractivity contribution is 6.32. The van der Waals surface area contributed by atoms with Crippen molar-refractivity contribution in [3.8, 4) is 11.5 Å². The first kappa shape index (κ1) is 24.3. The van der Waals surface area contributed by atoms with Gasteiger partial charge in [-0.2, -0.15) is 0 Å². The molecule has 1 saturated heterocycles. The highest BCUT2D eigenvalue weighted by Gasteiger charge is 2.26. The minimum atomic E-state index is -0.833. The van der Waals surface area contributed by atoms with Crippen molar-refractivity contribution < 1.29 is 19.4 Å². The van der Waals surface area contributed by atoms with Crippen LogP contribution in [0.15, 0.2) is 42.7 Å². The van der Waals surface area contributed by atoms with E-state index in [1.54, 1.807) is 36.7 Å². The summed E-state index contributed by atoms with van der Waals surface area (Å²) >= 11 is 6.27. The van der Waals surface area contributed by atoms with Crippen molar-refractivity contribution in [1.82, 2.24) is 19.9 Å². The molecule has 4 heterocycles. The quantitative estimate of drug-likeness (QED) is 0.517. The molecule has 36 heavy (non-hydrogen) atoms. The molecule has 0 saturated carbocycles. The van der Waals surface area contributed by atoms with E-state index in [1.807, 2.05) is 17.9 Å². The van der Waals surface area contributed by atoms with Crippen LogP contribution in [0.3, 0.4) is 0 Å². The molecule has 1 amide bonds. The minimum absolute atomic E-state index is 0.0383. The zero-order valence-electron chi connectivity index (χ0n) is 20.0. The molecule has 2 aliphatic rings. The van der Waals surface area contributed by atoms with Gasteiger partial charge in [0.1, 0.15) is 24.9 Å². The number of ether oxygens (including phenoxy) is 2. The van der Waals surface area contributed by atoms with Gasteiger partial charge in [-0.15, -0.1) is 0 Å². The van der Waals surface area contributed by atoms with Gasteiger partial charge in [-0.05, 0) is 55.7 Å². The number of aromatic nitrogens is 3. The number of amides is 1. The maximum Gasteiger partial charge on any atom is 0.255 e. The van der Waals surface area contributed by atoms with Crippen molar-refractivity contribution >= 4 is 23.3 Å². The molecule has 2 aromatic heterocycles. The van der Waals surface area contributed by atoms with Gasteiger partial charge in [0, 0.05) is 43.6 Å². The normalized spacial score (nSPS) is 16.5. The molecule has 0 radical (unpaired) electrons. The molecule has 3 aromatic rings. The zero-order chi connectivity index (χ0) is 25.1. The van der Waals surface area contributed by atoms with E-state index in [9.17, 15) is 9.90 Å². The van der Waals surface area contributed by atoms with Crippen LogP contribution in [0.25, 0.3) is 0 Å². The predicted molar refractivity (Wildman–Crippen MR) is 135 cm³/mol. The van der Waals surface area contributed by atoms with Gasteiger partial charge in [0.2, 0.25) is 0 Å². The molecule has 2 aliphatic heterocycles. The number of aryl methyl sites for hydroxylation is 1. The fourth-order valence-electron chi connectivity index (χ4n) is 4.46. The molecule has 1 atom stereocenters. The van der Waals surface area contributed by atoms with Gasteiger partial charge in [0.05, 0.1) is 16.7 Å². The van der Waals surface area contributed by atoms with E-state index in [0.717, 1.165) is 24.4 Å². The van der Waals surface area contributed by atoms with Gasteiger partial charge >= 0.3 is 0 Å². The Bertz CT molecular complexity index is 1230. The summed E-state index contributed by atoms with van der Waals surface area (Å²) < 4.78 is 11.1. The van der Waals surface area contributed by atoms with Crippen molar-refractivity contribution in [2.75, 3.05) is 38.2 Å². The van der Waals surface area contributed by atoms with Gasteiger partial charge < -0.3 is 24.8 Å². The van der Waals surface area contributed by atoms with Crippen LogP contribution >= 0.6 is 11.6 Å². The molecule has 0 spiro atoms. The van der Waals surface area contributed by atoms with E-state index < -0.39 is 6.10 Å². The Morgan fingerprint density at radius 3 is 2.75 bits per heavy atom. The Morgan fingerprint density at radius 2 is 2.00 bits per heavy atom. The van der Waals surface area contributed by atoms with Gasteiger partial charge in [-0.3, -0.25) is 4.79 Å². The summed E-state index contributed by atoms with van der Waals surface area (Å²) in [6, 6.07) is 8.79. The topological polar surface area (TPSA) is 110 Å². The maximum absolute atomic E-state index is 13.0. The summed E-state index contributed by atoms with van der Waals surface area (Å²) in [6.45, 7) is 4.38. The van der Waals surface area contributed by atoms with Gasteiger partial charge in [0.25, 0.3) is 5.91 Å².